The van der Waals surface area contributed by atoms with Crippen molar-refractivity contribution in [3.05, 3.63) is 35.9 Å². The summed E-state index contributed by atoms with van der Waals surface area (Å²) in [6.45, 7) is 4.02. The van der Waals surface area contributed by atoms with Gasteiger partial charge in [0.25, 0.3) is 0 Å². The SMILES string of the molecule is CO[C@@]1(C)O[C@H]2[C@H](O[C@]1(C)OC)[C@H](OCc1ccccc1)CC(I)[C@H]2O. The summed E-state index contributed by atoms with van der Waals surface area (Å²) in [5.74, 6) is -2.25. The summed E-state index contributed by atoms with van der Waals surface area (Å²) in [7, 11) is 3.10. The Morgan fingerprint density at radius 2 is 1.65 bits per heavy atom. The van der Waals surface area contributed by atoms with E-state index >= 15 is 0 Å². The van der Waals surface area contributed by atoms with Crippen LogP contribution in [0.3, 0.4) is 0 Å². The van der Waals surface area contributed by atoms with Gasteiger partial charge in [-0.25, -0.2) is 0 Å². The first kappa shape index (κ1) is 20.4. The molecular formula is C19H27IO6. The zero-order chi connectivity index (χ0) is 18.9. The summed E-state index contributed by atoms with van der Waals surface area (Å²) < 4.78 is 29.8. The smallest absolute Gasteiger partial charge is 0.220 e. The second kappa shape index (κ2) is 7.98. The van der Waals surface area contributed by atoms with Crippen LogP contribution in [-0.2, 0) is 30.3 Å². The minimum atomic E-state index is -1.14. The Kier molecular flexibility index (Phi) is 6.28. The van der Waals surface area contributed by atoms with Gasteiger partial charge in [-0.05, 0) is 25.8 Å². The van der Waals surface area contributed by atoms with Gasteiger partial charge in [-0.2, -0.15) is 0 Å². The van der Waals surface area contributed by atoms with Gasteiger partial charge in [0.15, 0.2) is 0 Å². The minimum absolute atomic E-state index is 0.00812. The monoisotopic (exact) mass is 478 g/mol. The van der Waals surface area contributed by atoms with Crippen LogP contribution in [0.4, 0.5) is 0 Å². The molecule has 7 heteroatoms. The first-order chi connectivity index (χ1) is 12.3. The van der Waals surface area contributed by atoms with E-state index < -0.39 is 29.9 Å². The number of methoxy groups -OCH3 is 2. The normalized spacial score (nSPS) is 43.1. The van der Waals surface area contributed by atoms with E-state index in [9.17, 15) is 5.11 Å². The quantitative estimate of drug-likeness (QED) is 0.519. The first-order valence-corrected chi connectivity index (χ1v) is 10.0. The number of halogens is 1. The fourth-order valence-corrected chi connectivity index (χ4v) is 4.44. The molecule has 146 valence electrons. The van der Waals surface area contributed by atoms with Crippen LogP contribution in [-0.4, -0.2) is 59.2 Å². The third-order valence-electron chi connectivity index (χ3n) is 5.49. The molecule has 1 aliphatic carbocycles. The molecule has 7 atom stereocenters. The highest BCUT2D eigenvalue weighted by molar-refractivity contribution is 14.1. The lowest BCUT2D eigenvalue weighted by atomic mass is 9.86. The second-order valence-electron chi connectivity index (χ2n) is 7.04. The molecule has 0 amide bonds. The number of aliphatic hydroxyl groups is 1. The molecule has 1 N–H and O–H groups in total. The highest BCUT2D eigenvalue weighted by Crippen LogP contribution is 2.45. The van der Waals surface area contributed by atoms with Gasteiger partial charge in [0.1, 0.15) is 12.2 Å². The molecule has 2 aliphatic rings. The molecule has 3 rings (SSSR count). The van der Waals surface area contributed by atoms with Crippen molar-refractivity contribution in [2.75, 3.05) is 14.2 Å². The van der Waals surface area contributed by atoms with Crippen LogP contribution in [0.15, 0.2) is 30.3 Å². The van der Waals surface area contributed by atoms with E-state index in [4.69, 9.17) is 23.7 Å². The molecule has 1 unspecified atom stereocenters. The largest absolute Gasteiger partial charge is 0.389 e. The maximum absolute atomic E-state index is 10.7. The molecule has 1 aromatic rings. The van der Waals surface area contributed by atoms with Gasteiger partial charge in [-0.1, -0.05) is 52.9 Å². The average molecular weight is 478 g/mol. The number of alkyl halides is 1. The number of hydrogen-bond donors (Lipinski definition) is 1. The lowest BCUT2D eigenvalue weighted by Gasteiger charge is -2.56. The molecule has 1 aliphatic heterocycles. The van der Waals surface area contributed by atoms with Crippen LogP contribution in [0.1, 0.15) is 25.8 Å². The topological polar surface area (TPSA) is 66.4 Å². The van der Waals surface area contributed by atoms with Crippen LogP contribution in [0.25, 0.3) is 0 Å². The van der Waals surface area contributed by atoms with Crippen molar-refractivity contribution in [2.45, 2.75) is 66.8 Å². The zero-order valence-corrected chi connectivity index (χ0v) is 17.7. The van der Waals surface area contributed by atoms with Crippen LogP contribution in [0.2, 0.25) is 0 Å². The van der Waals surface area contributed by atoms with Crippen LogP contribution in [0.5, 0.6) is 0 Å². The van der Waals surface area contributed by atoms with Crippen LogP contribution < -0.4 is 0 Å². The molecule has 1 saturated carbocycles. The zero-order valence-electron chi connectivity index (χ0n) is 15.6. The summed E-state index contributed by atoms with van der Waals surface area (Å²) in [4.78, 5) is 0. The predicted molar refractivity (Wildman–Crippen MR) is 104 cm³/mol. The molecule has 1 saturated heterocycles. The van der Waals surface area contributed by atoms with Gasteiger partial charge >= 0.3 is 0 Å². The Hall–Kier alpha value is -0.290. The second-order valence-corrected chi connectivity index (χ2v) is 8.64. The molecule has 0 spiro atoms. The van der Waals surface area contributed by atoms with E-state index in [1.807, 2.05) is 30.3 Å². The van der Waals surface area contributed by atoms with Crippen molar-refractivity contribution in [3.63, 3.8) is 0 Å². The van der Waals surface area contributed by atoms with Crippen molar-refractivity contribution < 1.29 is 28.8 Å². The average Bonchev–Trinajstić information content (AvgIpc) is 2.66. The lowest BCUT2D eigenvalue weighted by Crippen LogP contribution is -2.71. The molecule has 0 aromatic heterocycles. The van der Waals surface area contributed by atoms with Gasteiger partial charge in [-0.3, -0.25) is 0 Å². The third kappa shape index (κ3) is 3.67. The molecule has 1 heterocycles. The van der Waals surface area contributed by atoms with Gasteiger partial charge in [0, 0.05) is 18.1 Å². The van der Waals surface area contributed by atoms with Crippen molar-refractivity contribution in [2.24, 2.45) is 0 Å². The van der Waals surface area contributed by atoms with E-state index in [-0.39, 0.29) is 10.0 Å². The van der Waals surface area contributed by atoms with Gasteiger partial charge in [0.05, 0.1) is 18.8 Å². The maximum atomic E-state index is 10.7. The molecule has 6 nitrogen and oxygen atoms in total. The van der Waals surface area contributed by atoms with Crippen LogP contribution >= 0.6 is 22.6 Å². The number of rotatable bonds is 5. The number of aliphatic hydroxyl groups excluding tert-OH is 1. The number of hydrogen-bond acceptors (Lipinski definition) is 6. The Morgan fingerprint density at radius 3 is 2.23 bits per heavy atom. The fraction of sp³-hybridized carbons (Fsp3) is 0.684. The van der Waals surface area contributed by atoms with E-state index in [2.05, 4.69) is 22.6 Å². The summed E-state index contributed by atoms with van der Waals surface area (Å²) in [5.41, 5.74) is 1.09. The molecule has 0 radical (unpaired) electrons. The predicted octanol–water partition coefficient (Wildman–Crippen LogP) is 2.65. The lowest BCUT2D eigenvalue weighted by molar-refractivity contribution is -0.464. The van der Waals surface area contributed by atoms with E-state index in [0.29, 0.717) is 13.0 Å². The molecule has 0 bridgehead atoms. The summed E-state index contributed by atoms with van der Waals surface area (Å²) in [6.07, 6.45) is -1.23. The molecule has 26 heavy (non-hydrogen) atoms. The van der Waals surface area contributed by atoms with Crippen molar-refractivity contribution >= 4 is 22.6 Å². The fourth-order valence-electron chi connectivity index (χ4n) is 3.53. The number of benzene rings is 1. The standard InChI is InChI=1S/C19H27IO6/c1-18(22-3)19(2,23-4)26-17-15(21)13(20)10-14(16(17)25-18)24-11-12-8-6-5-7-9-12/h5-9,13-17,21H,10-11H2,1-4H3/t13?,14-,15-,16-,17-,18+,19+/m1/s1. The third-order valence-corrected chi connectivity index (χ3v) is 6.73. The summed E-state index contributed by atoms with van der Waals surface area (Å²) in [6, 6.07) is 10.00. The van der Waals surface area contributed by atoms with Gasteiger partial charge < -0.3 is 28.8 Å². The highest BCUT2D eigenvalue weighted by Gasteiger charge is 2.61. The van der Waals surface area contributed by atoms with Crippen molar-refractivity contribution in [1.82, 2.24) is 0 Å². The van der Waals surface area contributed by atoms with Crippen molar-refractivity contribution in [3.8, 4) is 0 Å². The Bertz CT molecular complexity index is 601. The van der Waals surface area contributed by atoms with Crippen LogP contribution in [0, 0.1) is 0 Å². The van der Waals surface area contributed by atoms with E-state index in [0.717, 1.165) is 5.56 Å². The summed E-state index contributed by atoms with van der Waals surface area (Å²) in [5, 5.41) is 10.7. The molecular weight excluding hydrogens is 451 g/mol. The highest BCUT2D eigenvalue weighted by atomic mass is 127. The number of ether oxygens (including phenoxy) is 5. The Morgan fingerprint density at radius 1 is 1.08 bits per heavy atom. The van der Waals surface area contributed by atoms with E-state index in [1.54, 1.807) is 28.1 Å². The molecule has 2 fully saturated rings. The minimum Gasteiger partial charge on any atom is -0.389 e. The van der Waals surface area contributed by atoms with Crippen molar-refractivity contribution in [1.29, 1.82) is 0 Å². The Labute approximate surface area is 168 Å². The Balaban J connectivity index is 1.81. The summed E-state index contributed by atoms with van der Waals surface area (Å²) >= 11 is 2.25. The van der Waals surface area contributed by atoms with Gasteiger partial charge in [-0.15, -0.1) is 0 Å². The number of fused-ring (bicyclic) bond motifs is 1. The maximum Gasteiger partial charge on any atom is 0.220 e. The van der Waals surface area contributed by atoms with Gasteiger partial charge in [0.2, 0.25) is 11.6 Å². The molecule has 1 aromatic carbocycles. The first-order valence-electron chi connectivity index (χ1n) is 8.77. The van der Waals surface area contributed by atoms with E-state index in [1.165, 1.54) is 0 Å².